The Morgan fingerprint density at radius 1 is 1.12 bits per heavy atom. The standard InChI is InChI=1S/C18H21N5O3/c24-15-8-7-14(11-1-2-11)22-23(15)13-5-3-12(4-6-13)21-18(26)16-17(25)20-10-9-19-16/h7-13H,1-6H2,(H,20,25)(H,21,26). The van der Waals surface area contributed by atoms with Crippen LogP contribution in [0.5, 0.6) is 0 Å². The summed E-state index contributed by atoms with van der Waals surface area (Å²) in [5.74, 6) is 0.0512. The van der Waals surface area contributed by atoms with Crippen LogP contribution in [0.15, 0.2) is 34.1 Å². The van der Waals surface area contributed by atoms with Crippen molar-refractivity contribution in [1.82, 2.24) is 25.1 Å². The Balaban J connectivity index is 1.39. The zero-order valence-electron chi connectivity index (χ0n) is 14.4. The summed E-state index contributed by atoms with van der Waals surface area (Å²) in [6.45, 7) is 0. The number of hydrogen-bond acceptors (Lipinski definition) is 5. The highest BCUT2D eigenvalue weighted by Crippen LogP contribution is 2.38. The number of hydrogen-bond donors (Lipinski definition) is 2. The average molecular weight is 355 g/mol. The molecule has 0 radical (unpaired) electrons. The number of nitrogens with zero attached hydrogens (tertiary/aromatic N) is 3. The highest BCUT2D eigenvalue weighted by atomic mass is 16.2. The summed E-state index contributed by atoms with van der Waals surface area (Å²) in [6.07, 6.45) is 8.09. The van der Waals surface area contributed by atoms with E-state index in [1.807, 2.05) is 6.07 Å². The van der Waals surface area contributed by atoms with Crippen molar-refractivity contribution >= 4 is 5.91 Å². The van der Waals surface area contributed by atoms with Gasteiger partial charge in [-0.25, -0.2) is 9.67 Å². The summed E-state index contributed by atoms with van der Waals surface area (Å²) < 4.78 is 1.62. The first kappa shape index (κ1) is 16.7. The van der Waals surface area contributed by atoms with Crippen molar-refractivity contribution in [3.05, 3.63) is 56.6 Å². The molecule has 2 aliphatic carbocycles. The van der Waals surface area contributed by atoms with Crippen molar-refractivity contribution in [2.45, 2.75) is 56.5 Å². The molecule has 0 atom stereocenters. The Morgan fingerprint density at radius 2 is 1.88 bits per heavy atom. The van der Waals surface area contributed by atoms with Crippen molar-refractivity contribution in [3.63, 3.8) is 0 Å². The molecule has 8 heteroatoms. The summed E-state index contributed by atoms with van der Waals surface area (Å²) in [7, 11) is 0. The van der Waals surface area contributed by atoms with E-state index in [4.69, 9.17) is 0 Å². The van der Waals surface area contributed by atoms with E-state index in [-0.39, 0.29) is 23.3 Å². The summed E-state index contributed by atoms with van der Waals surface area (Å²) in [5.41, 5.74) is 0.326. The lowest BCUT2D eigenvalue weighted by Gasteiger charge is -2.29. The third-order valence-corrected chi connectivity index (χ3v) is 5.14. The fourth-order valence-corrected chi connectivity index (χ4v) is 3.53. The molecule has 0 bridgehead atoms. The summed E-state index contributed by atoms with van der Waals surface area (Å²) >= 11 is 0. The fourth-order valence-electron chi connectivity index (χ4n) is 3.53. The molecule has 8 nitrogen and oxygen atoms in total. The number of rotatable bonds is 4. The first-order chi connectivity index (χ1) is 12.6. The highest BCUT2D eigenvalue weighted by molar-refractivity contribution is 5.92. The Labute approximate surface area is 149 Å². The van der Waals surface area contributed by atoms with Gasteiger partial charge in [0.05, 0.1) is 11.7 Å². The molecular formula is C18H21N5O3. The Morgan fingerprint density at radius 3 is 2.58 bits per heavy atom. The van der Waals surface area contributed by atoms with Crippen LogP contribution in [0.2, 0.25) is 0 Å². The molecule has 0 aromatic carbocycles. The number of aromatic amines is 1. The van der Waals surface area contributed by atoms with E-state index >= 15 is 0 Å². The van der Waals surface area contributed by atoms with E-state index in [1.54, 1.807) is 10.7 Å². The molecule has 2 aromatic rings. The first-order valence-corrected chi connectivity index (χ1v) is 9.06. The van der Waals surface area contributed by atoms with Gasteiger partial charge in [-0.05, 0) is 44.6 Å². The van der Waals surface area contributed by atoms with Crippen LogP contribution in [0.1, 0.15) is 66.7 Å². The molecule has 4 rings (SSSR count). The Hall–Kier alpha value is -2.77. The number of carbonyl (C=O) groups excluding carboxylic acids is 1. The van der Waals surface area contributed by atoms with Crippen LogP contribution >= 0.6 is 0 Å². The van der Waals surface area contributed by atoms with E-state index in [2.05, 4.69) is 20.4 Å². The number of aromatic nitrogens is 4. The number of amides is 1. The van der Waals surface area contributed by atoms with Gasteiger partial charge >= 0.3 is 0 Å². The van der Waals surface area contributed by atoms with Crippen molar-refractivity contribution in [3.8, 4) is 0 Å². The molecule has 2 fully saturated rings. The van der Waals surface area contributed by atoms with Crippen molar-refractivity contribution in [2.75, 3.05) is 0 Å². The van der Waals surface area contributed by atoms with E-state index < -0.39 is 11.5 Å². The van der Waals surface area contributed by atoms with Crippen LogP contribution in [-0.4, -0.2) is 31.7 Å². The molecule has 2 saturated carbocycles. The van der Waals surface area contributed by atoms with Crippen molar-refractivity contribution < 1.29 is 4.79 Å². The second-order valence-electron chi connectivity index (χ2n) is 7.06. The quantitative estimate of drug-likeness (QED) is 0.854. The van der Waals surface area contributed by atoms with Crippen LogP contribution in [0.4, 0.5) is 0 Å². The van der Waals surface area contributed by atoms with Gasteiger partial charge in [-0.3, -0.25) is 14.4 Å². The second kappa shape index (κ2) is 6.86. The van der Waals surface area contributed by atoms with Gasteiger partial charge < -0.3 is 10.3 Å². The number of nitrogens with one attached hydrogen (secondary N) is 2. The minimum atomic E-state index is -0.494. The minimum absolute atomic E-state index is 0.0255. The molecule has 2 heterocycles. The third-order valence-electron chi connectivity index (χ3n) is 5.14. The molecule has 0 unspecified atom stereocenters. The van der Waals surface area contributed by atoms with E-state index in [1.165, 1.54) is 12.4 Å². The number of H-pyrrole nitrogens is 1. The normalized spacial score (nSPS) is 22.8. The largest absolute Gasteiger partial charge is 0.348 e. The first-order valence-electron chi connectivity index (χ1n) is 9.06. The lowest BCUT2D eigenvalue weighted by molar-refractivity contribution is 0.0914. The van der Waals surface area contributed by atoms with E-state index in [0.29, 0.717) is 5.92 Å². The maximum Gasteiger partial charge on any atom is 0.279 e. The molecule has 2 N–H and O–H groups in total. The van der Waals surface area contributed by atoms with Gasteiger partial charge in [0.25, 0.3) is 17.0 Å². The summed E-state index contributed by atoms with van der Waals surface area (Å²) in [6, 6.07) is 3.49. The van der Waals surface area contributed by atoms with Crippen LogP contribution in [0.25, 0.3) is 0 Å². The van der Waals surface area contributed by atoms with Gasteiger partial charge in [0, 0.05) is 30.4 Å². The summed E-state index contributed by atoms with van der Waals surface area (Å²) in [5, 5.41) is 7.44. The highest BCUT2D eigenvalue weighted by Gasteiger charge is 2.29. The van der Waals surface area contributed by atoms with Crippen LogP contribution in [0, 0.1) is 0 Å². The molecule has 0 aliphatic heterocycles. The smallest absolute Gasteiger partial charge is 0.279 e. The van der Waals surface area contributed by atoms with Crippen LogP contribution < -0.4 is 16.4 Å². The third kappa shape index (κ3) is 3.44. The van der Waals surface area contributed by atoms with Gasteiger partial charge in [0.2, 0.25) is 0 Å². The van der Waals surface area contributed by atoms with Gasteiger partial charge in [0.15, 0.2) is 5.69 Å². The molecule has 0 saturated heterocycles. The predicted octanol–water partition coefficient (Wildman–Crippen LogP) is 1.12. The second-order valence-corrected chi connectivity index (χ2v) is 7.06. The molecule has 2 aliphatic rings. The van der Waals surface area contributed by atoms with Gasteiger partial charge in [-0.2, -0.15) is 5.10 Å². The maximum atomic E-state index is 12.2. The lowest BCUT2D eigenvalue weighted by Crippen LogP contribution is -2.41. The van der Waals surface area contributed by atoms with Gasteiger partial charge in [0.1, 0.15) is 0 Å². The predicted molar refractivity (Wildman–Crippen MR) is 94.1 cm³/mol. The number of carbonyl (C=O) groups is 1. The molecule has 1 amide bonds. The Kier molecular flexibility index (Phi) is 4.40. The monoisotopic (exact) mass is 355 g/mol. The maximum absolute atomic E-state index is 12.2. The van der Waals surface area contributed by atoms with Gasteiger partial charge in [-0.15, -0.1) is 0 Å². The minimum Gasteiger partial charge on any atom is -0.348 e. The zero-order chi connectivity index (χ0) is 18.1. The fraction of sp³-hybridized carbons (Fsp3) is 0.500. The van der Waals surface area contributed by atoms with E-state index in [9.17, 15) is 14.4 Å². The molecule has 136 valence electrons. The van der Waals surface area contributed by atoms with E-state index in [0.717, 1.165) is 44.2 Å². The van der Waals surface area contributed by atoms with Gasteiger partial charge in [-0.1, -0.05) is 0 Å². The van der Waals surface area contributed by atoms with Crippen LogP contribution in [0.3, 0.4) is 0 Å². The van der Waals surface area contributed by atoms with Crippen molar-refractivity contribution in [2.24, 2.45) is 0 Å². The molecule has 26 heavy (non-hydrogen) atoms. The Bertz CT molecular complexity index is 923. The molecular weight excluding hydrogens is 334 g/mol. The SMILES string of the molecule is O=C(NC1CCC(n2nc(C3CC3)ccc2=O)CC1)c1ncc[nH]c1=O. The lowest BCUT2D eigenvalue weighted by atomic mass is 9.91. The van der Waals surface area contributed by atoms with Crippen molar-refractivity contribution in [1.29, 1.82) is 0 Å². The molecule has 0 spiro atoms. The average Bonchev–Trinajstić information content (AvgIpc) is 3.48. The molecule has 2 aromatic heterocycles. The zero-order valence-corrected chi connectivity index (χ0v) is 14.4. The summed E-state index contributed by atoms with van der Waals surface area (Å²) in [4.78, 5) is 42.3. The topological polar surface area (TPSA) is 110 Å². The van der Waals surface area contributed by atoms with Crippen LogP contribution in [-0.2, 0) is 0 Å².